The Kier molecular flexibility index (Phi) is 54.7. The first-order valence-corrected chi connectivity index (χ1v) is 29.8. The summed E-state index contributed by atoms with van der Waals surface area (Å²) in [6, 6.07) is 0. The molecule has 6 nitrogen and oxygen atoms in total. The second-order valence-corrected chi connectivity index (χ2v) is 20.3. The van der Waals surface area contributed by atoms with Gasteiger partial charge < -0.3 is 14.2 Å². The second-order valence-electron chi connectivity index (χ2n) is 20.3. The molecule has 1 atom stereocenters. The number of allylic oxidation sites excluding steroid dienone is 4. The number of carbonyl (C=O) groups excluding carboxylic acids is 3. The van der Waals surface area contributed by atoms with E-state index in [1.54, 1.807) is 0 Å². The summed E-state index contributed by atoms with van der Waals surface area (Å²) in [6.07, 6.45) is 65.9. The molecule has 0 aliphatic heterocycles. The molecule has 0 heterocycles. The van der Waals surface area contributed by atoms with E-state index in [1.807, 2.05) is 0 Å². The topological polar surface area (TPSA) is 78.9 Å². The van der Waals surface area contributed by atoms with E-state index < -0.39 is 6.10 Å². The Bertz CT molecular complexity index is 1080. The number of carbonyl (C=O) groups is 3. The van der Waals surface area contributed by atoms with E-state index in [2.05, 4.69) is 45.1 Å². The third-order valence-corrected chi connectivity index (χ3v) is 13.5. The van der Waals surface area contributed by atoms with Crippen molar-refractivity contribution in [2.75, 3.05) is 13.2 Å². The number of hydrogen-bond donors (Lipinski definition) is 0. The highest BCUT2D eigenvalue weighted by Gasteiger charge is 2.19. The van der Waals surface area contributed by atoms with Crippen molar-refractivity contribution in [3.63, 3.8) is 0 Å². The van der Waals surface area contributed by atoms with Crippen LogP contribution in [0.25, 0.3) is 0 Å². The molecule has 0 unspecified atom stereocenters. The van der Waals surface area contributed by atoms with Crippen LogP contribution in [0, 0.1) is 0 Å². The highest BCUT2D eigenvalue weighted by molar-refractivity contribution is 5.71. The Morgan fingerprint density at radius 3 is 0.851 bits per heavy atom. The Morgan fingerprint density at radius 2 is 0.537 bits per heavy atom. The van der Waals surface area contributed by atoms with Gasteiger partial charge in [-0.1, -0.05) is 283 Å². The third kappa shape index (κ3) is 54.7. The van der Waals surface area contributed by atoms with Gasteiger partial charge in [0.25, 0.3) is 0 Å². The highest BCUT2D eigenvalue weighted by Crippen LogP contribution is 2.17. The summed E-state index contributed by atoms with van der Waals surface area (Å²) >= 11 is 0. The van der Waals surface area contributed by atoms with Crippen LogP contribution in [0.3, 0.4) is 0 Å². The van der Waals surface area contributed by atoms with Gasteiger partial charge in [0.05, 0.1) is 0 Å². The van der Waals surface area contributed by atoms with Crippen LogP contribution in [-0.2, 0) is 28.6 Å². The molecule has 0 aromatic rings. The van der Waals surface area contributed by atoms with Crippen molar-refractivity contribution in [2.24, 2.45) is 0 Å². The van der Waals surface area contributed by atoms with Gasteiger partial charge in [-0.15, -0.1) is 0 Å². The first kappa shape index (κ1) is 64.9. The molecule has 0 amide bonds. The molecule has 0 aliphatic carbocycles. The fourth-order valence-electron chi connectivity index (χ4n) is 8.95. The van der Waals surface area contributed by atoms with Crippen LogP contribution in [-0.4, -0.2) is 37.2 Å². The van der Waals surface area contributed by atoms with Crippen molar-refractivity contribution in [2.45, 2.75) is 335 Å². The van der Waals surface area contributed by atoms with Crippen LogP contribution in [0.5, 0.6) is 0 Å². The maximum absolute atomic E-state index is 12.9. The van der Waals surface area contributed by atoms with Crippen LogP contribution in [0.1, 0.15) is 329 Å². The van der Waals surface area contributed by atoms with Crippen molar-refractivity contribution in [1.82, 2.24) is 0 Å². The minimum Gasteiger partial charge on any atom is -0.462 e. The van der Waals surface area contributed by atoms with Crippen LogP contribution in [0.4, 0.5) is 0 Å². The van der Waals surface area contributed by atoms with E-state index in [4.69, 9.17) is 14.2 Å². The molecule has 0 radical (unpaired) electrons. The molecule has 0 fully saturated rings. The van der Waals surface area contributed by atoms with Crippen LogP contribution in [0.15, 0.2) is 24.3 Å². The zero-order valence-corrected chi connectivity index (χ0v) is 45.2. The Balaban J connectivity index is 4.33. The first-order chi connectivity index (χ1) is 33.0. The molecule has 0 bridgehead atoms. The first-order valence-electron chi connectivity index (χ1n) is 29.8. The van der Waals surface area contributed by atoms with Gasteiger partial charge in [0.15, 0.2) is 6.10 Å². The predicted molar refractivity (Wildman–Crippen MR) is 289 cm³/mol. The summed E-state index contributed by atoms with van der Waals surface area (Å²) in [5.41, 5.74) is 0. The Hall–Kier alpha value is -2.11. The summed E-state index contributed by atoms with van der Waals surface area (Å²) in [7, 11) is 0. The average Bonchev–Trinajstić information content (AvgIpc) is 3.33. The predicted octanol–water partition coefficient (Wildman–Crippen LogP) is 19.9. The quantitative estimate of drug-likeness (QED) is 0.0262. The summed E-state index contributed by atoms with van der Waals surface area (Å²) in [6.45, 7) is 6.67. The van der Waals surface area contributed by atoms with Gasteiger partial charge in [0.2, 0.25) is 0 Å². The van der Waals surface area contributed by atoms with E-state index in [0.29, 0.717) is 19.3 Å². The lowest BCUT2D eigenvalue weighted by atomic mass is 10.0. The Morgan fingerprint density at radius 1 is 0.299 bits per heavy atom. The zero-order valence-electron chi connectivity index (χ0n) is 45.2. The van der Waals surface area contributed by atoms with E-state index >= 15 is 0 Å². The molecule has 0 saturated carbocycles. The SMILES string of the molecule is CCCCC/C=C/C/C=C/CCCCCCCCCC(=O)OC[C@@H](COC(=O)CCCCCCCCCCCCCCCCCC)OC(=O)CCCCCCCCCCCCCCCCCC. The molecule has 394 valence electrons. The van der Waals surface area contributed by atoms with Crippen molar-refractivity contribution in [3.8, 4) is 0 Å². The van der Waals surface area contributed by atoms with Gasteiger partial charge in [-0.2, -0.15) is 0 Å². The van der Waals surface area contributed by atoms with E-state index in [9.17, 15) is 14.4 Å². The molecule has 67 heavy (non-hydrogen) atoms. The van der Waals surface area contributed by atoms with Crippen LogP contribution in [0.2, 0.25) is 0 Å². The fourth-order valence-corrected chi connectivity index (χ4v) is 8.95. The average molecular weight is 944 g/mol. The monoisotopic (exact) mass is 943 g/mol. The second kappa shape index (κ2) is 56.5. The van der Waals surface area contributed by atoms with Gasteiger partial charge in [0, 0.05) is 19.3 Å². The smallest absolute Gasteiger partial charge is 0.306 e. The summed E-state index contributed by atoms with van der Waals surface area (Å²) in [5, 5.41) is 0. The standard InChI is InChI=1S/C61H114O6/c1-4-7-10-13-16-19-22-25-28-31-34-36-39-42-45-48-51-54-60(63)66-57-58(67-61(64)55-52-49-46-43-40-37-33-30-27-24-21-18-15-12-9-6-3)56-65-59(62)53-50-47-44-41-38-35-32-29-26-23-20-17-14-11-8-5-2/h16,19,25,28,58H,4-15,17-18,20-24,26-27,29-57H2,1-3H3/b19-16+,28-25+/t58-/m1/s1. The number of unbranched alkanes of at least 4 members (excludes halogenated alkanes) is 40. The molecule has 0 aromatic carbocycles. The maximum Gasteiger partial charge on any atom is 0.306 e. The highest BCUT2D eigenvalue weighted by atomic mass is 16.6. The molecule has 0 rings (SSSR count). The van der Waals surface area contributed by atoms with Crippen LogP contribution >= 0.6 is 0 Å². The Labute approximate surface area is 417 Å². The van der Waals surface area contributed by atoms with E-state index in [0.717, 1.165) is 70.6 Å². The molecule has 0 saturated heterocycles. The van der Waals surface area contributed by atoms with Crippen molar-refractivity contribution >= 4 is 17.9 Å². The minimum absolute atomic E-state index is 0.0678. The van der Waals surface area contributed by atoms with Crippen molar-refractivity contribution in [1.29, 1.82) is 0 Å². The third-order valence-electron chi connectivity index (χ3n) is 13.5. The molecular formula is C61H114O6. The number of ether oxygens (including phenoxy) is 3. The number of hydrogen-bond acceptors (Lipinski definition) is 6. The molecule has 0 N–H and O–H groups in total. The lowest BCUT2D eigenvalue weighted by Gasteiger charge is -2.18. The summed E-state index contributed by atoms with van der Waals surface area (Å²) in [5.74, 6) is -0.851. The van der Waals surface area contributed by atoms with Gasteiger partial charge in [-0.3, -0.25) is 14.4 Å². The normalized spacial score (nSPS) is 12.1. The number of esters is 3. The largest absolute Gasteiger partial charge is 0.462 e. The van der Waals surface area contributed by atoms with Gasteiger partial charge in [-0.05, 0) is 51.4 Å². The lowest BCUT2D eigenvalue weighted by molar-refractivity contribution is -0.167. The summed E-state index contributed by atoms with van der Waals surface area (Å²) in [4.78, 5) is 38.2. The maximum atomic E-state index is 12.9. The van der Waals surface area contributed by atoms with E-state index in [-0.39, 0.29) is 31.1 Å². The molecule has 0 aromatic heterocycles. The minimum atomic E-state index is -0.769. The van der Waals surface area contributed by atoms with E-state index in [1.165, 1.54) is 218 Å². The molecule has 6 heteroatoms. The molecule has 0 aliphatic rings. The lowest BCUT2D eigenvalue weighted by Crippen LogP contribution is -2.30. The van der Waals surface area contributed by atoms with Crippen LogP contribution < -0.4 is 0 Å². The van der Waals surface area contributed by atoms with Crippen molar-refractivity contribution < 1.29 is 28.6 Å². The number of rotatable bonds is 55. The van der Waals surface area contributed by atoms with Crippen molar-refractivity contribution in [3.05, 3.63) is 24.3 Å². The molecule has 0 spiro atoms. The fraction of sp³-hybridized carbons (Fsp3) is 0.885. The van der Waals surface area contributed by atoms with Gasteiger partial charge in [0.1, 0.15) is 13.2 Å². The summed E-state index contributed by atoms with van der Waals surface area (Å²) < 4.78 is 16.9. The molecular weight excluding hydrogens is 829 g/mol. The van der Waals surface area contributed by atoms with Gasteiger partial charge in [-0.25, -0.2) is 0 Å². The zero-order chi connectivity index (χ0) is 48.6. The van der Waals surface area contributed by atoms with Gasteiger partial charge >= 0.3 is 17.9 Å².